The maximum atomic E-state index is 13.6. The molecule has 18 heavy (non-hydrogen) atoms. The summed E-state index contributed by atoms with van der Waals surface area (Å²) in [6, 6.07) is 8.61. The van der Waals surface area contributed by atoms with Crippen LogP contribution in [0.3, 0.4) is 0 Å². The third kappa shape index (κ3) is 2.65. The summed E-state index contributed by atoms with van der Waals surface area (Å²) in [5.74, 6) is -1.27. The Labute approximate surface area is 114 Å². The molecule has 4 heteroatoms. The summed E-state index contributed by atoms with van der Waals surface area (Å²) in [7, 11) is 0. The minimum atomic E-state index is -0.665. The first-order chi connectivity index (χ1) is 8.49. The summed E-state index contributed by atoms with van der Waals surface area (Å²) in [6.45, 7) is 1.84. The zero-order valence-electron chi connectivity index (χ0n) is 9.55. The Kier molecular flexibility index (Phi) is 3.88. The molecule has 0 bridgehead atoms. The highest BCUT2D eigenvalue weighted by atomic mass is 35.5. The summed E-state index contributed by atoms with van der Waals surface area (Å²) in [6.07, 6.45) is 0. The summed E-state index contributed by atoms with van der Waals surface area (Å²) in [5.41, 5.74) is 1.84. The van der Waals surface area contributed by atoms with Gasteiger partial charge in [0.15, 0.2) is 0 Å². The molecule has 2 aromatic carbocycles. The van der Waals surface area contributed by atoms with Crippen molar-refractivity contribution in [3.63, 3.8) is 0 Å². The number of hydrogen-bond donors (Lipinski definition) is 0. The summed E-state index contributed by atoms with van der Waals surface area (Å²) >= 11 is 12.1. The zero-order chi connectivity index (χ0) is 13.3. The van der Waals surface area contributed by atoms with Crippen molar-refractivity contribution in [1.29, 1.82) is 0 Å². The van der Waals surface area contributed by atoms with Gasteiger partial charge in [0, 0.05) is 16.7 Å². The monoisotopic (exact) mass is 286 g/mol. The Morgan fingerprint density at radius 1 is 1.06 bits per heavy atom. The molecule has 0 N–H and O–H groups in total. The van der Waals surface area contributed by atoms with E-state index in [-0.39, 0.29) is 5.56 Å². The third-order valence-corrected chi connectivity index (χ3v) is 3.62. The van der Waals surface area contributed by atoms with E-state index >= 15 is 0 Å². The van der Waals surface area contributed by atoms with E-state index < -0.39 is 17.0 Å². The lowest BCUT2D eigenvalue weighted by Gasteiger charge is -2.12. The van der Waals surface area contributed by atoms with Crippen molar-refractivity contribution in [2.24, 2.45) is 0 Å². The molecule has 1 unspecified atom stereocenters. The van der Waals surface area contributed by atoms with Crippen LogP contribution in [0.5, 0.6) is 0 Å². The van der Waals surface area contributed by atoms with Crippen molar-refractivity contribution in [3.8, 4) is 0 Å². The summed E-state index contributed by atoms with van der Waals surface area (Å²) in [5, 5.41) is -0.0382. The van der Waals surface area contributed by atoms with Crippen LogP contribution in [0.4, 0.5) is 8.78 Å². The standard InChI is InChI=1S/C14H10Cl2F2/c1-8-6-9(2-5-12(8)15)14(16)11-4-3-10(17)7-13(11)18/h2-7,14H,1H3. The number of alkyl halides is 1. The smallest absolute Gasteiger partial charge is 0.131 e. The number of rotatable bonds is 2. The van der Waals surface area contributed by atoms with Gasteiger partial charge in [-0.2, -0.15) is 0 Å². The molecule has 0 aliphatic rings. The van der Waals surface area contributed by atoms with Gasteiger partial charge in [0.2, 0.25) is 0 Å². The first kappa shape index (κ1) is 13.3. The molecular formula is C14H10Cl2F2. The molecule has 2 rings (SSSR count). The maximum absolute atomic E-state index is 13.6. The second-order valence-electron chi connectivity index (χ2n) is 4.04. The largest absolute Gasteiger partial charge is 0.207 e. The Balaban J connectivity index is 2.41. The molecule has 2 aromatic rings. The van der Waals surface area contributed by atoms with Crippen LogP contribution in [0, 0.1) is 18.6 Å². The van der Waals surface area contributed by atoms with Gasteiger partial charge in [-0.05, 0) is 30.2 Å². The van der Waals surface area contributed by atoms with Crippen LogP contribution in [-0.4, -0.2) is 0 Å². The fraction of sp³-hybridized carbons (Fsp3) is 0.143. The molecule has 0 aliphatic carbocycles. The van der Waals surface area contributed by atoms with Gasteiger partial charge in [0.25, 0.3) is 0 Å². The van der Waals surface area contributed by atoms with Crippen molar-refractivity contribution in [1.82, 2.24) is 0 Å². The van der Waals surface area contributed by atoms with Crippen molar-refractivity contribution < 1.29 is 8.78 Å². The molecule has 0 aliphatic heterocycles. The first-order valence-electron chi connectivity index (χ1n) is 5.34. The highest BCUT2D eigenvalue weighted by molar-refractivity contribution is 6.31. The normalized spacial score (nSPS) is 12.5. The number of halogens is 4. The summed E-state index contributed by atoms with van der Waals surface area (Å²) < 4.78 is 26.4. The topological polar surface area (TPSA) is 0 Å². The van der Waals surface area contributed by atoms with Crippen LogP contribution in [-0.2, 0) is 0 Å². The van der Waals surface area contributed by atoms with Crippen LogP contribution >= 0.6 is 23.2 Å². The molecule has 0 radical (unpaired) electrons. The highest BCUT2D eigenvalue weighted by Gasteiger charge is 2.16. The van der Waals surface area contributed by atoms with E-state index in [0.717, 1.165) is 17.2 Å². The maximum Gasteiger partial charge on any atom is 0.131 e. The second kappa shape index (κ2) is 5.25. The Morgan fingerprint density at radius 3 is 2.39 bits per heavy atom. The highest BCUT2D eigenvalue weighted by Crippen LogP contribution is 2.32. The van der Waals surface area contributed by atoms with E-state index in [0.29, 0.717) is 5.02 Å². The first-order valence-corrected chi connectivity index (χ1v) is 6.15. The Morgan fingerprint density at radius 2 is 1.78 bits per heavy atom. The third-order valence-electron chi connectivity index (χ3n) is 2.71. The van der Waals surface area contributed by atoms with E-state index in [4.69, 9.17) is 23.2 Å². The van der Waals surface area contributed by atoms with Gasteiger partial charge in [-0.15, -0.1) is 11.6 Å². The molecule has 0 saturated carbocycles. The fourth-order valence-corrected chi connectivity index (χ4v) is 2.14. The van der Waals surface area contributed by atoms with Gasteiger partial charge < -0.3 is 0 Å². The van der Waals surface area contributed by atoms with Gasteiger partial charge in [-0.25, -0.2) is 8.78 Å². The van der Waals surface area contributed by atoms with Gasteiger partial charge in [-0.3, -0.25) is 0 Å². The number of benzene rings is 2. The lowest BCUT2D eigenvalue weighted by atomic mass is 10.0. The fourth-order valence-electron chi connectivity index (χ4n) is 1.71. The van der Waals surface area contributed by atoms with Crippen LogP contribution in [0.15, 0.2) is 36.4 Å². The van der Waals surface area contributed by atoms with E-state index in [1.807, 2.05) is 6.92 Å². The Hall–Kier alpha value is -1.12. The van der Waals surface area contributed by atoms with E-state index in [9.17, 15) is 8.78 Å². The zero-order valence-corrected chi connectivity index (χ0v) is 11.1. The lowest BCUT2D eigenvalue weighted by molar-refractivity contribution is 0.573. The molecule has 0 fully saturated rings. The molecular weight excluding hydrogens is 277 g/mol. The van der Waals surface area contributed by atoms with Gasteiger partial charge in [-0.1, -0.05) is 29.8 Å². The van der Waals surface area contributed by atoms with Crippen molar-refractivity contribution in [3.05, 3.63) is 69.7 Å². The average molecular weight is 287 g/mol. The molecule has 0 heterocycles. The predicted octanol–water partition coefficient (Wildman–Crippen LogP) is 5.25. The Bertz CT molecular complexity index is 582. The molecule has 0 spiro atoms. The van der Waals surface area contributed by atoms with Crippen LogP contribution < -0.4 is 0 Å². The second-order valence-corrected chi connectivity index (χ2v) is 4.88. The van der Waals surface area contributed by atoms with Gasteiger partial charge >= 0.3 is 0 Å². The number of hydrogen-bond acceptors (Lipinski definition) is 0. The quantitative estimate of drug-likeness (QED) is 0.661. The SMILES string of the molecule is Cc1cc(C(Cl)c2ccc(F)cc2F)ccc1Cl. The van der Waals surface area contributed by atoms with Gasteiger partial charge in [0.05, 0.1) is 5.38 Å². The van der Waals surface area contributed by atoms with Crippen LogP contribution in [0.25, 0.3) is 0 Å². The molecule has 1 atom stereocenters. The molecule has 0 saturated heterocycles. The lowest BCUT2D eigenvalue weighted by Crippen LogP contribution is -1.98. The van der Waals surface area contributed by atoms with Crippen molar-refractivity contribution >= 4 is 23.2 Å². The minimum absolute atomic E-state index is 0.250. The minimum Gasteiger partial charge on any atom is -0.207 e. The van der Waals surface area contributed by atoms with Crippen LogP contribution in [0.1, 0.15) is 22.1 Å². The predicted molar refractivity (Wildman–Crippen MR) is 70.2 cm³/mol. The van der Waals surface area contributed by atoms with E-state index in [1.165, 1.54) is 12.1 Å². The van der Waals surface area contributed by atoms with E-state index in [2.05, 4.69) is 0 Å². The van der Waals surface area contributed by atoms with E-state index in [1.54, 1.807) is 18.2 Å². The molecule has 0 amide bonds. The molecule has 0 aromatic heterocycles. The van der Waals surface area contributed by atoms with Crippen molar-refractivity contribution in [2.45, 2.75) is 12.3 Å². The van der Waals surface area contributed by atoms with Crippen molar-refractivity contribution in [2.75, 3.05) is 0 Å². The summed E-state index contributed by atoms with van der Waals surface area (Å²) in [4.78, 5) is 0. The number of aryl methyl sites for hydroxylation is 1. The van der Waals surface area contributed by atoms with Crippen LogP contribution in [0.2, 0.25) is 5.02 Å². The van der Waals surface area contributed by atoms with Gasteiger partial charge in [0.1, 0.15) is 11.6 Å². The molecule has 0 nitrogen and oxygen atoms in total. The average Bonchev–Trinajstić information content (AvgIpc) is 2.32. The molecule has 94 valence electrons.